The van der Waals surface area contributed by atoms with Crippen LogP contribution in [0.1, 0.15) is 32.3 Å². The van der Waals surface area contributed by atoms with E-state index in [-0.39, 0.29) is 12.0 Å². The van der Waals surface area contributed by atoms with E-state index in [1.165, 1.54) is 0 Å². The minimum absolute atomic E-state index is 0.0526. The van der Waals surface area contributed by atoms with Crippen molar-refractivity contribution in [3.8, 4) is 5.75 Å². The number of carbonyl (C=O) groups is 1. The van der Waals surface area contributed by atoms with Crippen molar-refractivity contribution in [3.05, 3.63) is 30.0 Å². The van der Waals surface area contributed by atoms with Gasteiger partial charge in [0.05, 0.1) is 19.6 Å². The van der Waals surface area contributed by atoms with E-state index in [1.54, 1.807) is 7.11 Å². The second-order valence-electron chi connectivity index (χ2n) is 7.19. The topological polar surface area (TPSA) is 63.4 Å². The lowest BCUT2D eigenvalue weighted by atomic mass is 9.87. The Morgan fingerprint density at radius 3 is 3.04 bits per heavy atom. The molecular formula is C20H28N2O3. The van der Waals surface area contributed by atoms with Gasteiger partial charge in [-0.05, 0) is 42.5 Å². The molecule has 1 fully saturated rings. The Morgan fingerprint density at radius 1 is 1.44 bits per heavy atom. The summed E-state index contributed by atoms with van der Waals surface area (Å²) in [6, 6.07) is 5.86. The van der Waals surface area contributed by atoms with Crippen LogP contribution in [0.25, 0.3) is 10.9 Å². The summed E-state index contributed by atoms with van der Waals surface area (Å²) in [7, 11) is 1.65. The number of hydrogen-bond donors (Lipinski definition) is 2. The van der Waals surface area contributed by atoms with Crippen molar-refractivity contribution in [2.45, 2.75) is 39.2 Å². The quantitative estimate of drug-likeness (QED) is 0.845. The van der Waals surface area contributed by atoms with Crippen LogP contribution in [0.4, 0.5) is 0 Å². The molecule has 0 saturated carbocycles. The maximum absolute atomic E-state index is 12.4. The van der Waals surface area contributed by atoms with E-state index < -0.39 is 0 Å². The molecule has 136 valence electrons. The number of carbonyl (C=O) groups excluding carboxylic acids is 1. The minimum atomic E-state index is 0.0526. The number of H-pyrrole nitrogens is 1. The summed E-state index contributed by atoms with van der Waals surface area (Å²) in [4.78, 5) is 15.6. The van der Waals surface area contributed by atoms with Gasteiger partial charge in [-0.1, -0.05) is 13.8 Å². The van der Waals surface area contributed by atoms with Crippen molar-refractivity contribution < 1.29 is 14.3 Å². The van der Waals surface area contributed by atoms with E-state index in [0.29, 0.717) is 24.8 Å². The zero-order valence-electron chi connectivity index (χ0n) is 15.3. The first-order chi connectivity index (χ1) is 12.1. The third-order valence-corrected chi connectivity index (χ3v) is 5.04. The lowest BCUT2D eigenvalue weighted by Crippen LogP contribution is -2.41. The smallest absolute Gasteiger partial charge is 0.224 e. The molecule has 0 unspecified atom stereocenters. The number of methoxy groups -OCH3 is 1. The molecule has 0 aliphatic carbocycles. The summed E-state index contributed by atoms with van der Waals surface area (Å²) in [6.45, 7) is 5.89. The number of aromatic amines is 1. The maximum atomic E-state index is 12.4. The zero-order chi connectivity index (χ0) is 17.8. The molecule has 0 radical (unpaired) electrons. The van der Waals surface area contributed by atoms with E-state index in [1.807, 2.05) is 24.4 Å². The van der Waals surface area contributed by atoms with Crippen LogP contribution in [0.15, 0.2) is 24.4 Å². The molecule has 25 heavy (non-hydrogen) atoms. The summed E-state index contributed by atoms with van der Waals surface area (Å²) in [6.07, 6.45) is 4.71. The van der Waals surface area contributed by atoms with Crippen LogP contribution in [-0.2, 0) is 16.0 Å². The molecule has 5 heteroatoms. The summed E-state index contributed by atoms with van der Waals surface area (Å²) in [5.41, 5.74) is 2.01. The zero-order valence-corrected chi connectivity index (χ0v) is 15.3. The monoisotopic (exact) mass is 344 g/mol. The van der Waals surface area contributed by atoms with Crippen LogP contribution < -0.4 is 10.1 Å². The van der Waals surface area contributed by atoms with Crippen LogP contribution in [0, 0.1) is 11.8 Å². The summed E-state index contributed by atoms with van der Waals surface area (Å²) >= 11 is 0. The SMILES string of the molecule is COc1ccc2[nH]cc(CC(=O)NC[C@@H]3CCCO[C@H]3C(C)C)c2c1. The van der Waals surface area contributed by atoms with Gasteiger partial charge in [-0.2, -0.15) is 0 Å². The van der Waals surface area contributed by atoms with Crippen LogP contribution in [-0.4, -0.2) is 37.3 Å². The molecule has 1 aromatic heterocycles. The Morgan fingerprint density at radius 2 is 2.28 bits per heavy atom. The molecular weight excluding hydrogens is 316 g/mol. The van der Waals surface area contributed by atoms with Gasteiger partial charge >= 0.3 is 0 Å². The summed E-state index contributed by atoms with van der Waals surface area (Å²) < 4.78 is 11.2. The normalized spacial score (nSPS) is 20.8. The number of benzene rings is 1. The standard InChI is InChI=1S/C20H28N2O3/c1-13(2)20-14(5-4-8-25-20)11-22-19(23)9-15-12-21-18-7-6-16(24-3)10-17(15)18/h6-7,10,12-14,20-21H,4-5,8-9,11H2,1-3H3,(H,22,23)/t14-,20-/m0/s1. The Hall–Kier alpha value is -2.01. The molecule has 1 aromatic carbocycles. The third-order valence-electron chi connectivity index (χ3n) is 5.04. The second-order valence-corrected chi connectivity index (χ2v) is 7.19. The number of fused-ring (bicyclic) bond motifs is 1. The highest BCUT2D eigenvalue weighted by atomic mass is 16.5. The fourth-order valence-electron chi connectivity index (χ4n) is 3.73. The number of hydrogen-bond acceptors (Lipinski definition) is 3. The minimum Gasteiger partial charge on any atom is -0.497 e. The predicted molar refractivity (Wildman–Crippen MR) is 98.9 cm³/mol. The van der Waals surface area contributed by atoms with Crippen molar-refractivity contribution in [2.24, 2.45) is 11.8 Å². The van der Waals surface area contributed by atoms with Crippen LogP contribution in [0.2, 0.25) is 0 Å². The fraction of sp³-hybridized carbons (Fsp3) is 0.550. The van der Waals surface area contributed by atoms with Crippen molar-refractivity contribution in [1.82, 2.24) is 10.3 Å². The number of nitrogens with one attached hydrogen (secondary N) is 2. The Labute approximate surface area is 149 Å². The van der Waals surface area contributed by atoms with Gasteiger partial charge in [-0.3, -0.25) is 4.79 Å². The number of ether oxygens (including phenoxy) is 2. The highest BCUT2D eigenvalue weighted by Gasteiger charge is 2.28. The summed E-state index contributed by atoms with van der Waals surface area (Å²) in [5, 5.41) is 4.14. The van der Waals surface area contributed by atoms with Gasteiger partial charge in [0.2, 0.25) is 5.91 Å². The van der Waals surface area contributed by atoms with E-state index in [2.05, 4.69) is 24.1 Å². The average Bonchev–Trinajstić information content (AvgIpc) is 3.02. The molecule has 5 nitrogen and oxygen atoms in total. The third kappa shape index (κ3) is 4.15. The number of rotatable bonds is 6. The second kappa shape index (κ2) is 7.91. The molecule has 2 N–H and O–H groups in total. The molecule has 3 rings (SSSR count). The molecule has 0 bridgehead atoms. The summed E-state index contributed by atoms with van der Waals surface area (Å²) in [5.74, 6) is 1.73. The van der Waals surface area contributed by atoms with Crippen molar-refractivity contribution in [2.75, 3.05) is 20.3 Å². The lowest BCUT2D eigenvalue weighted by molar-refractivity contribution is -0.121. The van der Waals surface area contributed by atoms with E-state index in [0.717, 1.165) is 41.7 Å². The van der Waals surface area contributed by atoms with Gasteiger partial charge in [-0.15, -0.1) is 0 Å². The first kappa shape index (κ1) is 17.8. The van der Waals surface area contributed by atoms with Crippen molar-refractivity contribution in [1.29, 1.82) is 0 Å². The highest BCUT2D eigenvalue weighted by molar-refractivity contribution is 5.89. The molecule has 1 aliphatic rings. The van der Waals surface area contributed by atoms with E-state index >= 15 is 0 Å². The largest absolute Gasteiger partial charge is 0.497 e. The van der Waals surface area contributed by atoms with E-state index in [9.17, 15) is 4.79 Å². The predicted octanol–water partition coefficient (Wildman–Crippen LogP) is 3.29. The maximum Gasteiger partial charge on any atom is 0.224 e. The van der Waals surface area contributed by atoms with Gasteiger partial charge in [-0.25, -0.2) is 0 Å². The first-order valence-corrected chi connectivity index (χ1v) is 9.10. The molecule has 0 spiro atoms. The number of aromatic nitrogens is 1. The first-order valence-electron chi connectivity index (χ1n) is 9.10. The molecule has 2 heterocycles. The Kier molecular flexibility index (Phi) is 5.63. The Bertz CT molecular complexity index is 723. The molecule has 1 aliphatic heterocycles. The van der Waals surface area contributed by atoms with Gasteiger partial charge in [0.1, 0.15) is 5.75 Å². The average molecular weight is 344 g/mol. The number of amides is 1. The molecule has 1 amide bonds. The lowest BCUT2D eigenvalue weighted by Gasteiger charge is -2.34. The highest BCUT2D eigenvalue weighted by Crippen LogP contribution is 2.26. The van der Waals surface area contributed by atoms with Gasteiger partial charge in [0, 0.05) is 36.2 Å². The van der Waals surface area contributed by atoms with Crippen molar-refractivity contribution in [3.63, 3.8) is 0 Å². The van der Waals surface area contributed by atoms with E-state index in [4.69, 9.17) is 9.47 Å². The van der Waals surface area contributed by atoms with Crippen molar-refractivity contribution >= 4 is 16.8 Å². The van der Waals surface area contributed by atoms with Gasteiger partial charge < -0.3 is 19.8 Å². The molecule has 2 aromatic rings. The molecule has 2 atom stereocenters. The van der Waals surface area contributed by atoms with Gasteiger partial charge in [0.25, 0.3) is 0 Å². The van der Waals surface area contributed by atoms with Gasteiger partial charge in [0.15, 0.2) is 0 Å². The fourth-order valence-corrected chi connectivity index (χ4v) is 3.73. The van der Waals surface area contributed by atoms with Crippen LogP contribution >= 0.6 is 0 Å². The van der Waals surface area contributed by atoms with Crippen LogP contribution in [0.3, 0.4) is 0 Å². The van der Waals surface area contributed by atoms with Crippen LogP contribution in [0.5, 0.6) is 5.75 Å². The Balaban J connectivity index is 1.61. The molecule has 1 saturated heterocycles.